The van der Waals surface area contributed by atoms with Gasteiger partial charge in [-0.05, 0) is 25.5 Å². The van der Waals surface area contributed by atoms with E-state index in [2.05, 4.69) is 9.97 Å². The fourth-order valence-electron chi connectivity index (χ4n) is 1.78. The molecule has 98 valence electrons. The number of hydrogen-bond acceptors (Lipinski definition) is 4. The van der Waals surface area contributed by atoms with Crippen molar-refractivity contribution in [3.63, 3.8) is 0 Å². The maximum absolute atomic E-state index is 11.6. The van der Waals surface area contributed by atoms with Crippen LogP contribution in [0.3, 0.4) is 0 Å². The van der Waals surface area contributed by atoms with Gasteiger partial charge in [-0.2, -0.15) is 0 Å². The second kappa shape index (κ2) is 5.84. The molecular weight excluding hydrogens is 258 g/mol. The summed E-state index contributed by atoms with van der Waals surface area (Å²) < 4.78 is 0. The molecule has 5 heteroatoms. The molecule has 0 fully saturated rings. The van der Waals surface area contributed by atoms with Crippen LogP contribution in [0.1, 0.15) is 22.3 Å². The Morgan fingerprint density at radius 1 is 1.21 bits per heavy atom. The number of aryl methyl sites for hydroxylation is 2. The molecule has 1 atom stereocenters. The zero-order valence-electron chi connectivity index (χ0n) is 10.8. The van der Waals surface area contributed by atoms with Crippen LogP contribution in [0.2, 0.25) is 0 Å². The van der Waals surface area contributed by atoms with Crippen molar-refractivity contribution < 1.29 is 4.79 Å². The van der Waals surface area contributed by atoms with Gasteiger partial charge in [-0.15, -0.1) is 0 Å². The van der Waals surface area contributed by atoms with E-state index in [1.807, 2.05) is 50.2 Å². The minimum absolute atomic E-state index is 0.370. The van der Waals surface area contributed by atoms with Crippen molar-refractivity contribution in [2.75, 3.05) is 0 Å². The Bertz CT molecular complexity index is 566. The van der Waals surface area contributed by atoms with Crippen LogP contribution in [-0.4, -0.2) is 15.9 Å². The normalized spacial score (nSPS) is 12.1. The van der Waals surface area contributed by atoms with Crippen LogP contribution < -0.4 is 5.73 Å². The van der Waals surface area contributed by atoms with E-state index in [9.17, 15) is 4.79 Å². The van der Waals surface area contributed by atoms with E-state index < -0.39 is 5.25 Å². The molecule has 2 aromatic rings. The molecule has 0 radical (unpaired) electrons. The SMILES string of the molecule is Cc1cc(SC(C(N)=O)c2ccccc2)nc(C)n1. The average Bonchev–Trinajstić information content (AvgIpc) is 2.35. The summed E-state index contributed by atoms with van der Waals surface area (Å²) in [6, 6.07) is 11.3. The van der Waals surface area contributed by atoms with Crippen molar-refractivity contribution in [2.24, 2.45) is 5.73 Å². The first-order valence-electron chi connectivity index (χ1n) is 5.89. The summed E-state index contributed by atoms with van der Waals surface area (Å²) in [6.07, 6.45) is 0. The zero-order chi connectivity index (χ0) is 13.8. The molecule has 0 aliphatic carbocycles. The van der Waals surface area contributed by atoms with E-state index in [1.54, 1.807) is 0 Å². The number of aromatic nitrogens is 2. The molecule has 1 aromatic carbocycles. The first kappa shape index (κ1) is 13.5. The van der Waals surface area contributed by atoms with Gasteiger partial charge in [0, 0.05) is 5.69 Å². The highest BCUT2D eigenvalue weighted by atomic mass is 32.2. The lowest BCUT2D eigenvalue weighted by Gasteiger charge is -2.13. The van der Waals surface area contributed by atoms with Crippen molar-refractivity contribution in [1.82, 2.24) is 9.97 Å². The lowest BCUT2D eigenvalue weighted by atomic mass is 10.1. The van der Waals surface area contributed by atoms with Gasteiger partial charge in [-0.3, -0.25) is 4.79 Å². The van der Waals surface area contributed by atoms with E-state index in [4.69, 9.17) is 5.73 Å². The predicted molar refractivity (Wildman–Crippen MR) is 75.7 cm³/mol. The average molecular weight is 273 g/mol. The summed E-state index contributed by atoms with van der Waals surface area (Å²) in [5, 5.41) is 0.326. The Morgan fingerprint density at radius 3 is 2.47 bits per heavy atom. The van der Waals surface area contributed by atoms with Gasteiger partial charge in [-0.25, -0.2) is 9.97 Å². The molecule has 4 nitrogen and oxygen atoms in total. The Morgan fingerprint density at radius 2 is 1.89 bits per heavy atom. The van der Waals surface area contributed by atoms with Gasteiger partial charge in [0.2, 0.25) is 5.91 Å². The summed E-state index contributed by atoms with van der Waals surface area (Å²) in [4.78, 5) is 20.2. The number of thioether (sulfide) groups is 1. The van der Waals surface area contributed by atoms with Gasteiger partial charge in [0.25, 0.3) is 0 Å². The van der Waals surface area contributed by atoms with Gasteiger partial charge in [-0.1, -0.05) is 42.1 Å². The molecule has 0 bridgehead atoms. The molecule has 0 spiro atoms. The van der Waals surface area contributed by atoms with Crippen LogP contribution >= 0.6 is 11.8 Å². The zero-order valence-corrected chi connectivity index (χ0v) is 11.6. The molecule has 0 aliphatic rings. The maximum atomic E-state index is 11.6. The lowest BCUT2D eigenvalue weighted by molar-refractivity contribution is -0.117. The first-order chi connectivity index (χ1) is 9.06. The fraction of sp³-hybridized carbons (Fsp3) is 0.214. The number of hydrogen-bond donors (Lipinski definition) is 1. The quantitative estimate of drug-likeness (QED) is 0.686. The highest BCUT2D eigenvalue weighted by Gasteiger charge is 2.20. The molecule has 2 rings (SSSR count). The Labute approximate surface area is 116 Å². The third-order valence-electron chi connectivity index (χ3n) is 2.54. The number of carbonyl (C=O) groups excluding carboxylic acids is 1. The first-order valence-corrected chi connectivity index (χ1v) is 6.77. The van der Waals surface area contributed by atoms with E-state index >= 15 is 0 Å². The fourth-order valence-corrected chi connectivity index (χ4v) is 2.86. The van der Waals surface area contributed by atoms with Gasteiger partial charge in [0.05, 0.1) is 0 Å². The maximum Gasteiger partial charge on any atom is 0.235 e. The predicted octanol–water partition coefficient (Wildman–Crippen LogP) is 2.41. The standard InChI is InChI=1S/C14H15N3OS/c1-9-8-12(17-10(2)16-9)19-13(14(15)18)11-6-4-3-5-7-11/h3-8,13H,1-2H3,(H2,15,18). The molecule has 0 aliphatic heterocycles. The number of nitrogens with zero attached hydrogens (tertiary/aromatic N) is 2. The Kier molecular flexibility index (Phi) is 4.16. The molecule has 1 amide bonds. The van der Waals surface area contributed by atoms with Crippen LogP contribution in [-0.2, 0) is 4.79 Å². The molecule has 19 heavy (non-hydrogen) atoms. The molecule has 0 saturated heterocycles. The van der Waals surface area contributed by atoms with E-state index in [0.717, 1.165) is 16.3 Å². The smallest absolute Gasteiger partial charge is 0.235 e. The largest absolute Gasteiger partial charge is 0.368 e. The van der Waals surface area contributed by atoms with E-state index in [0.29, 0.717) is 5.82 Å². The number of nitrogens with two attached hydrogens (primary N) is 1. The van der Waals surface area contributed by atoms with Crippen molar-refractivity contribution in [3.8, 4) is 0 Å². The molecule has 0 saturated carbocycles. The Hall–Kier alpha value is -1.88. The molecule has 2 N–H and O–H groups in total. The van der Waals surface area contributed by atoms with E-state index in [1.165, 1.54) is 11.8 Å². The van der Waals surface area contributed by atoms with Crippen molar-refractivity contribution in [1.29, 1.82) is 0 Å². The lowest BCUT2D eigenvalue weighted by Crippen LogP contribution is -2.19. The van der Waals surface area contributed by atoms with Gasteiger partial charge < -0.3 is 5.73 Å². The number of carbonyl (C=O) groups is 1. The minimum atomic E-state index is -0.435. The van der Waals surface area contributed by atoms with Crippen molar-refractivity contribution in [3.05, 3.63) is 53.5 Å². The molecule has 1 heterocycles. The number of primary amides is 1. The second-order valence-electron chi connectivity index (χ2n) is 4.21. The van der Waals surface area contributed by atoms with Crippen LogP contribution in [0.4, 0.5) is 0 Å². The summed E-state index contributed by atoms with van der Waals surface area (Å²) in [7, 11) is 0. The van der Waals surface area contributed by atoms with Crippen LogP contribution in [0.5, 0.6) is 0 Å². The summed E-state index contributed by atoms with van der Waals surface area (Å²) >= 11 is 1.35. The summed E-state index contributed by atoms with van der Waals surface area (Å²) in [5.41, 5.74) is 7.25. The van der Waals surface area contributed by atoms with Crippen LogP contribution in [0.15, 0.2) is 41.4 Å². The summed E-state index contributed by atoms with van der Waals surface area (Å²) in [6.45, 7) is 3.74. The highest BCUT2D eigenvalue weighted by Crippen LogP contribution is 2.33. The summed E-state index contributed by atoms with van der Waals surface area (Å²) in [5.74, 6) is 0.323. The highest BCUT2D eigenvalue weighted by molar-refractivity contribution is 8.00. The Balaban J connectivity index is 2.29. The minimum Gasteiger partial charge on any atom is -0.368 e. The van der Waals surface area contributed by atoms with Crippen LogP contribution in [0, 0.1) is 13.8 Å². The topological polar surface area (TPSA) is 68.9 Å². The van der Waals surface area contributed by atoms with Crippen molar-refractivity contribution >= 4 is 17.7 Å². The van der Waals surface area contributed by atoms with Gasteiger partial charge in [0.1, 0.15) is 16.1 Å². The third kappa shape index (κ3) is 3.54. The van der Waals surface area contributed by atoms with Gasteiger partial charge >= 0.3 is 0 Å². The van der Waals surface area contributed by atoms with E-state index in [-0.39, 0.29) is 5.91 Å². The number of amides is 1. The molecule has 1 aromatic heterocycles. The van der Waals surface area contributed by atoms with Crippen LogP contribution in [0.25, 0.3) is 0 Å². The molecular formula is C14H15N3OS. The van der Waals surface area contributed by atoms with Gasteiger partial charge in [0.15, 0.2) is 0 Å². The number of benzene rings is 1. The van der Waals surface area contributed by atoms with Crippen molar-refractivity contribution in [2.45, 2.75) is 24.1 Å². The molecule has 1 unspecified atom stereocenters. The third-order valence-corrected chi connectivity index (χ3v) is 3.73. The monoisotopic (exact) mass is 273 g/mol. The second-order valence-corrected chi connectivity index (χ2v) is 5.33. The number of rotatable bonds is 4.